The fourth-order valence-electron chi connectivity index (χ4n) is 2.85. The first-order valence-corrected chi connectivity index (χ1v) is 8.15. The fourth-order valence-corrected chi connectivity index (χ4v) is 3.94. The van der Waals surface area contributed by atoms with Crippen molar-refractivity contribution in [1.29, 1.82) is 0 Å². The van der Waals surface area contributed by atoms with E-state index in [1.807, 2.05) is 6.92 Å². The van der Waals surface area contributed by atoms with Crippen LogP contribution in [-0.4, -0.2) is 28.5 Å². The molecule has 2 aromatic heterocycles. The molecule has 1 amide bonds. The highest BCUT2D eigenvalue weighted by Crippen LogP contribution is 2.35. The Bertz CT molecular complexity index is 702. The number of anilines is 1. The second kappa shape index (κ2) is 5.42. The first-order chi connectivity index (χ1) is 9.95. The van der Waals surface area contributed by atoms with Crippen molar-refractivity contribution in [2.75, 3.05) is 11.4 Å². The summed E-state index contributed by atoms with van der Waals surface area (Å²) in [7, 11) is 0. The van der Waals surface area contributed by atoms with E-state index in [0.717, 1.165) is 28.9 Å². The van der Waals surface area contributed by atoms with Gasteiger partial charge in [0.15, 0.2) is 0 Å². The highest BCUT2D eigenvalue weighted by Gasteiger charge is 2.31. The van der Waals surface area contributed by atoms with E-state index in [9.17, 15) is 4.79 Å². The van der Waals surface area contributed by atoms with Crippen LogP contribution < -0.4 is 10.6 Å². The monoisotopic (exact) mass is 324 g/mol. The third kappa shape index (κ3) is 2.70. The van der Waals surface area contributed by atoms with Crippen LogP contribution in [0.2, 0.25) is 5.28 Å². The molecule has 1 saturated heterocycles. The SMILES string of the molecule is Cc1cc2c(N3CC(C(N)=O)CCC3C)nc(Cl)nc2s1. The number of carbonyl (C=O) groups is 1. The van der Waals surface area contributed by atoms with Gasteiger partial charge in [0.25, 0.3) is 0 Å². The number of nitrogens with zero attached hydrogens (tertiary/aromatic N) is 3. The minimum Gasteiger partial charge on any atom is -0.369 e. The number of fused-ring (bicyclic) bond motifs is 1. The van der Waals surface area contributed by atoms with Crippen molar-refractivity contribution in [2.45, 2.75) is 32.7 Å². The number of hydrogen-bond acceptors (Lipinski definition) is 5. The van der Waals surface area contributed by atoms with Crippen LogP contribution in [0.5, 0.6) is 0 Å². The normalized spacial score (nSPS) is 22.7. The van der Waals surface area contributed by atoms with Crippen molar-refractivity contribution in [3.05, 3.63) is 16.2 Å². The highest BCUT2D eigenvalue weighted by molar-refractivity contribution is 7.18. The molecule has 0 saturated carbocycles. The molecule has 2 aromatic rings. The average molecular weight is 325 g/mol. The molecule has 7 heteroatoms. The second-order valence-corrected chi connectivity index (χ2v) is 7.14. The lowest BCUT2D eigenvalue weighted by Crippen LogP contribution is -2.46. The molecular formula is C14H17ClN4OS. The van der Waals surface area contributed by atoms with Crippen molar-refractivity contribution in [3.63, 3.8) is 0 Å². The Morgan fingerprint density at radius 3 is 2.95 bits per heavy atom. The Balaban J connectivity index is 2.07. The number of piperidine rings is 1. The topological polar surface area (TPSA) is 72.1 Å². The maximum Gasteiger partial charge on any atom is 0.225 e. The summed E-state index contributed by atoms with van der Waals surface area (Å²) < 4.78 is 0. The van der Waals surface area contributed by atoms with Crippen molar-refractivity contribution in [2.24, 2.45) is 11.7 Å². The number of aromatic nitrogens is 2. The zero-order valence-electron chi connectivity index (χ0n) is 12.0. The van der Waals surface area contributed by atoms with Gasteiger partial charge in [0.1, 0.15) is 10.6 Å². The van der Waals surface area contributed by atoms with Gasteiger partial charge in [-0.2, -0.15) is 4.98 Å². The van der Waals surface area contributed by atoms with Gasteiger partial charge in [-0.15, -0.1) is 11.3 Å². The maximum absolute atomic E-state index is 11.5. The third-order valence-corrected chi connectivity index (χ3v) is 5.14. The van der Waals surface area contributed by atoms with Gasteiger partial charge in [0.05, 0.1) is 11.3 Å². The van der Waals surface area contributed by atoms with Gasteiger partial charge in [-0.3, -0.25) is 4.79 Å². The number of thiophene rings is 1. The van der Waals surface area contributed by atoms with Crippen LogP contribution >= 0.6 is 22.9 Å². The lowest BCUT2D eigenvalue weighted by Gasteiger charge is -2.38. The van der Waals surface area contributed by atoms with E-state index in [1.54, 1.807) is 11.3 Å². The summed E-state index contributed by atoms with van der Waals surface area (Å²) in [5.74, 6) is 0.433. The Morgan fingerprint density at radius 2 is 2.24 bits per heavy atom. The largest absolute Gasteiger partial charge is 0.369 e. The van der Waals surface area contributed by atoms with Crippen LogP contribution in [0.4, 0.5) is 5.82 Å². The Hall–Kier alpha value is -1.40. The minimum absolute atomic E-state index is 0.135. The molecule has 5 nitrogen and oxygen atoms in total. The predicted molar refractivity (Wildman–Crippen MR) is 85.9 cm³/mol. The van der Waals surface area contributed by atoms with Gasteiger partial charge in [-0.1, -0.05) is 0 Å². The van der Waals surface area contributed by atoms with E-state index in [0.29, 0.717) is 12.6 Å². The molecule has 1 aliphatic rings. The van der Waals surface area contributed by atoms with E-state index in [2.05, 4.69) is 27.9 Å². The van der Waals surface area contributed by atoms with Crippen molar-refractivity contribution < 1.29 is 4.79 Å². The summed E-state index contributed by atoms with van der Waals surface area (Å²) in [5, 5.41) is 1.24. The van der Waals surface area contributed by atoms with E-state index >= 15 is 0 Å². The van der Waals surface area contributed by atoms with Crippen LogP contribution in [0.25, 0.3) is 10.2 Å². The minimum atomic E-state index is -0.246. The molecule has 1 aliphatic heterocycles. The summed E-state index contributed by atoms with van der Waals surface area (Å²) in [6, 6.07) is 2.38. The lowest BCUT2D eigenvalue weighted by atomic mass is 9.93. The van der Waals surface area contributed by atoms with Crippen molar-refractivity contribution in [1.82, 2.24) is 9.97 Å². The summed E-state index contributed by atoms with van der Waals surface area (Å²) in [6.07, 6.45) is 1.75. The summed E-state index contributed by atoms with van der Waals surface area (Å²) in [6.45, 7) is 4.77. The third-order valence-electron chi connectivity index (χ3n) is 4.03. The first-order valence-electron chi connectivity index (χ1n) is 6.95. The highest BCUT2D eigenvalue weighted by atomic mass is 35.5. The number of rotatable bonds is 2. The van der Waals surface area contributed by atoms with E-state index in [-0.39, 0.29) is 17.1 Å². The van der Waals surface area contributed by atoms with Gasteiger partial charge >= 0.3 is 0 Å². The first kappa shape index (κ1) is 14.5. The van der Waals surface area contributed by atoms with E-state index in [4.69, 9.17) is 17.3 Å². The molecule has 112 valence electrons. The Morgan fingerprint density at radius 1 is 1.48 bits per heavy atom. The molecule has 21 heavy (non-hydrogen) atoms. The molecule has 0 aromatic carbocycles. The van der Waals surface area contributed by atoms with Crippen LogP contribution in [-0.2, 0) is 4.79 Å². The molecule has 2 atom stereocenters. The second-order valence-electron chi connectivity index (χ2n) is 5.57. The average Bonchev–Trinajstić information content (AvgIpc) is 2.78. The molecular weight excluding hydrogens is 308 g/mol. The standard InChI is InChI=1S/C14H17ClN4OS/c1-7-3-4-9(11(16)20)6-19(7)12-10-5-8(2)21-13(10)18-14(15)17-12/h5,7,9H,3-4,6H2,1-2H3,(H2,16,20). The van der Waals surface area contributed by atoms with Gasteiger partial charge in [0, 0.05) is 17.5 Å². The van der Waals surface area contributed by atoms with Crippen molar-refractivity contribution >= 4 is 44.9 Å². The number of halogens is 1. The van der Waals surface area contributed by atoms with Crippen LogP contribution in [0.3, 0.4) is 0 Å². The lowest BCUT2D eigenvalue weighted by molar-refractivity contribution is -0.122. The van der Waals surface area contributed by atoms with Gasteiger partial charge < -0.3 is 10.6 Å². The Labute approximate surface area is 132 Å². The number of carbonyl (C=O) groups excluding carboxylic acids is 1. The number of nitrogens with two attached hydrogens (primary N) is 1. The summed E-state index contributed by atoms with van der Waals surface area (Å²) >= 11 is 7.66. The predicted octanol–water partition coefficient (Wildman–Crippen LogP) is 2.74. The molecule has 0 radical (unpaired) electrons. The van der Waals surface area contributed by atoms with Crippen LogP contribution in [0.1, 0.15) is 24.6 Å². The van der Waals surface area contributed by atoms with E-state index < -0.39 is 0 Å². The van der Waals surface area contributed by atoms with Gasteiger partial charge in [-0.25, -0.2) is 4.98 Å². The molecule has 2 unspecified atom stereocenters. The smallest absolute Gasteiger partial charge is 0.225 e. The molecule has 2 N–H and O–H groups in total. The number of amides is 1. The van der Waals surface area contributed by atoms with Gasteiger partial charge in [0.2, 0.25) is 11.2 Å². The van der Waals surface area contributed by atoms with E-state index in [1.165, 1.54) is 4.88 Å². The molecule has 0 aliphatic carbocycles. The molecule has 0 bridgehead atoms. The number of primary amides is 1. The Kier molecular flexibility index (Phi) is 3.75. The quantitative estimate of drug-likeness (QED) is 0.862. The van der Waals surface area contributed by atoms with Crippen LogP contribution in [0.15, 0.2) is 6.07 Å². The zero-order valence-corrected chi connectivity index (χ0v) is 13.5. The van der Waals surface area contributed by atoms with Gasteiger partial charge in [-0.05, 0) is 44.4 Å². The van der Waals surface area contributed by atoms with Crippen LogP contribution in [0, 0.1) is 12.8 Å². The molecule has 3 heterocycles. The number of hydrogen-bond donors (Lipinski definition) is 1. The van der Waals surface area contributed by atoms with Crippen molar-refractivity contribution in [3.8, 4) is 0 Å². The fraction of sp³-hybridized carbons (Fsp3) is 0.500. The molecule has 1 fully saturated rings. The zero-order chi connectivity index (χ0) is 15.1. The summed E-state index contributed by atoms with van der Waals surface area (Å²) in [5.41, 5.74) is 5.48. The number of aryl methyl sites for hydroxylation is 1. The summed E-state index contributed by atoms with van der Waals surface area (Å²) in [4.78, 5) is 24.4. The molecule has 3 rings (SSSR count). The molecule has 0 spiro atoms. The maximum atomic E-state index is 11.5.